The molecule has 1 amide bonds. The van der Waals surface area contributed by atoms with E-state index in [1.165, 1.54) is 12.1 Å². The number of rotatable bonds is 4. The fourth-order valence-corrected chi connectivity index (χ4v) is 3.04. The highest BCUT2D eigenvalue weighted by Crippen LogP contribution is 2.28. The summed E-state index contributed by atoms with van der Waals surface area (Å²) < 4.78 is 13.7. The number of nitrogens with two attached hydrogens (primary N) is 1. The van der Waals surface area contributed by atoms with Crippen LogP contribution in [0.3, 0.4) is 0 Å². The van der Waals surface area contributed by atoms with Crippen molar-refractivity contribution in [1.29, 1.82) is 0 Å². The number of nitrogens with one attached hydrogen (secondary N) is 1. The number of para-hydroxylation sites is 1. The van der Waals surface area contributed by atoms with Crippen LogP contribution in [-0.4, -0.2) is 11.7 Å². The molecule has 0 atom stereocenters. The SMILES string of the molecule is CCSc1ccccc1NC(=O)c1cc(N)c(F)cc1Br. The maximum atomic E-state index is 13.3. The van der Waals surface area contributed by atoms with Gasteiger partial charge < -0.3 is 11.1 Å². The molecule has 0 heterocycles. The van der Waals surface area contributed by atoms with Gasteiger partial charge in [0.1, 0.15) is 5.82 Å². The van der Waals surface area contributed by atoms with Crippen LogP contribution in [0.2, 0.25) is 0 Å². The van der Waals surface area contributed by atoms with E-state index in [1.54, 1.807) is 11.8 Å². The van der Waals surface area contributed by atoms with Crippen molar-refractivity contribution >= 4 is 45.0 Å². The monoisotopic (exact) mass is 368 g/mol. The van der Waals surface area contributed by atoms with E-state index >= 15 is 0 Å². The molecule has 0 unspecified atom stereocenters. The third-order valence-corrected chi connectivity index (χ3v) is 4.38. The van der Waals surface area contributed by atoms with Crippen molar-refractivity contribution < 1.29 is 9.18 Å². The summed E-state index contributed by atoms with van der Waals surface area (Å²) in [5, 5.41) is 2.83. The lowest BCUT2D eigenvalue weighted by atomic mass is 10.1. The van der Waals surface area contributed by atoms with Crippen LogP contribution in [0.4, 0.5) is 15.8 Å². The van der Waals surface area contributed by atoms with Crippen LogP contribution in [0.1, 0.15) is 17.3 Å². The van der Waals surface area contributed by atoms with Gasteiger partial charge in [-0.15, -0.1) is 11.8 Å². The molecule has 0 aliphatic rings. The minimum absolute atomic E-state index is 0.0560. The van der Waals surface area contributed by atoms with Gasteiger partial charge in [-0.05, 0) is 45.9 Å². The number of thioether (sulfide) groups is 1. The van der Waals surface area contributed by atoms with Crippen LogP contribution in [0, 0.1) is 5.82 Å². The first-order valence-corrected chi connectivity index (χ1v) is 8.08. The molecular formula is C15H14BrFN2OS. The molecule has 6 heteroatoms. The van der Waals surface area contributed by atoms with Crippen molar-refractivity contribution in [2.45, 2.75) is 11.8 Å². The van der Waals surface area contributed by atoms with Gasteiger partial charge in [0.2, 0.25) is 0 Å². The number of halogens is 2. The topological polar surface area (TPSA) is 55.1 Å². The molecule has 0 aliphatic carbocycles. The number of carbonyl (C=O) groups is 1. The van der Waals surface area contributed by atoms with Crippen LogP contribution in [-0.2, 0) is 0 Å². The van der Waals surface area contributed by atoms with E-state index in [0.29, 0.717) is 10.0 Å². The number of hydrogen-bond acceptors (Lipinski definition) is 3. The second-order valence-corrected chi connectivity index (χ2v) is 6.40. The van der Waals surface area contributed by atoms with Gasteiger partial charge in [0.15, 0.2) is 0 Å². The Morgan fingerprint density at radius 3 is 2.81 bits per heavy atom. The summed E-state index contributed by atoms with van der Waals surface area (Å²) >= 11 is 4.82. The molecule has 3 N–H and O–H groups in total. The summed E-state index contributed by atoms with van der Waals surface area (Å²) in [7, 11) is 0. The standard InChI is InChI=1S/C15H14BrFN2OS/c1-2-21-14-6-4-3-5-13(14)19-15(20)9-7-12(18)11(17)8-10(9)16/h3-8H,2,18H2,1H3,(H,19,20). The molecule has 0 saturated heterocycles. The fraction of sp³-hybridized carbons (Fsp3) is 0.133. The maximum Gasteiger partial charge on any atom is 0.256 e. The van der Waals surface area contributed by atoms with Gasteiger partial charge in [-0.25, -0.2) is 4.39 Å². The summed E-state index contributed by atoms with van der Waals surface area (Å²) in [6.07, 6.45) is 0. The molecular weight excluding hydrogens is 355 g/mol. The van der Waals surface area contributed by atoms with Gasteiger partial charge in [-0.1, -0.05) is 19.1 Å². The van der Waals surface area contributed by atoms with Gasteiger partial charge >= 0.3 is 0 Å². The number of benzene rings is 2. The van der Waals surface area contributed by atoms with E-state index in [9.17, 15) is 9.18 Å². The highest BCUT2D eigenvalue weighted by molar-refractivity contribution is 9.10. The molecule has 0 bridgehead atoms. The Kier molecular flexibility index (Phi) is 5.25. The Bertz CT molecular complexity index is 679. The van der Waals surface area contributed by atoms with Gasteiger partial charge in [0.25, 0.3) is 5.91 Å². The average molecular weight is 369 g/mol. The second-order valence-electron chi connectivity index (χ2n) is 4.24. The first-order chi connectivity index (χ1) is 10.0. The molecule has 0 fully saturated rings. The van der Waals surface area contributed by atoms with Gasteiger partial charge in [-0.3, -0.25) is 4.79 Å². The number of nitrogen functional groups attached to an aromatic ring is 1. The Morgan fingerprint density at radius 2 is 2.10 bits per heavy atom. The minimum atomic E-state index is -0.555. The lowest BCUT2D eigenvalue weighted by Crippen LogP contribution is -2.14. The molecule has 0 radical (unpaired) electrons. The first kappa shape index (κ1) is 15.9. The minimum Gasteiger partial charge on any atom is -0.396 e. The van der Waals surface area contributed by atoms with Crippen molar-refractivity contribution in [3.05, 3.63) is 52.3 Å². The van der Waals surface area contributed by atoms with Crippen molar-refractivity contribution in [3.8, 4) is 0 Å². The van der Waals surface area contributed by atoms with Crippen LogP contribution < -0.4 is 11.1 Å². The van der Waals surface area contributed by atoms with Gasteiger partial charge in [0, 0.05) is 9.37 Å². The number of amides is 1. The molecule has 110 valence electrons. The van der Waals surface area contributed by atoms with E-state index in [2.05, 4.69) is 21.2 Å². The van der Waals surface area contributed by atoms with E-state index in [1.807, 2.05) is 31.2 Å². The Morgan fingerprint density at radius 1 is 1.38 bits per heavy atom. The molecule has 21 heavy (non-hydrogen) atoms. The molecule has 2 rings (SSSR count). The van der Waals surface area contributed by atoms with Gasteiger partial charge in [-0.2, -0.15) is 0 Å². The fourth-order valence-electron chi connectivity index (χ4n) is 1.78. The predicted octanol–water partition coefficient (Wildman–Crippen LogP) is 4.53. The van der Waals surface area contributed by atoms with Crippen molar-refractivity contribution in [1.82, 2.24) is 0 Å². The van der Waals surface area contributed by atoms with E-state index in [0.717, 1.165) is 16.3 Å². The van der Waals surface area contributed by atoms with Crippen LogP contribution in [0.15, 0.2) is 45.8 Å². The summed E-state index contributed by atoms with van der Waals surface area (Å²) in [4.78, 5) is 13.3. The smallest absolute Gasteiger partial charge is 0.256 e. The lowest BCUT2D eigenvalue weighted by molar-refractivity contribution is 0.102. The zero-order chi connectivity index (χ0) is 15.4. The predicted molar refractivity (Wildman–Crippen MR) is 89.3 cm³/mol. The van der Waals surface area contributed by atoms with Crippen molar-refractivity contribution in [2.75, 3.05) is 16.8 Å². The van der Waals surface area contributed by atoms with Crippen molar-refractivity contribution in [3.63, 3.8) is 0 Å². The van der Waals surface area contributed by atoms with Crippen molar-refractivity contribution in [2.24, 2.45) is 0 Å². The number of carbonyl (C=O) groups excluding carboxylic acids is 1. The summed E-state index contributed by atoms with van der Waals surface area (Å²) in [5.74, 6) is 0.0122. The highest BCUT2D eigenvalue weighted by Gasteiger charge is 2.14. The largest absolute Gasteiger partial charge is 0.396 e. The number of anilines is 2. The summed E-state index contributed by atoms with van der Waals surface area (Å²) in [5.41, 5.74) is 6.48. The van der Waals surface area contributed by atoms with E-state index in [-0.39, 0.29) is 11.6 Å². The zero-order valence-corrected chi connectivity index (χ0v) is 13.7. The van der Waals surface area contributed by atoms with Crippen LogP contribution in [0.25, 0.3) is 0 Å². The van der Waals surface area contributed by atoms with E-state index in [4.69, 9.17) is 5.73 Å². The van der Waals surface area contributed by atoms with E-state index < -0.39 is 5.82 Å². The summed E-state index contributed by atoms with van der Waals surface area (Å²) in [6, 6.07) is 10.1. The normalized spacial score (nSPS) is 10.4. The molecule has 0 aromatic heterocycles. The Hall–Kier alpha value is -1.53. The summed E-state index contributed by atoms with van der Waals surface area (Å²) in [6.45, 7) is 2.04. The van der Waals surface area contributed by atoms with Crippen LogP contribution in [0.5, 0.6) is 0 Å². The molecule has 0 spiro atoms. The number of hydrogen-bond donors (Lipinski definition) is 2. The maximum absolute atomic E-state index is 13.3. The average Bonchev–Trinajstić information content (AvgIpc) is 2.45. The molecule has 0 saturated carbocycles. The third kappa shape index (κ3) is 3.77. The molecule has 2 aromatic rings. The molecule has 3 nitrogen and oxygen atoms in total. The zero-order valence-electron chi connectivity index (χ0n) is 11.3. The Balaban J connectivity index is 2.28. The Labute approximate surface area is 135 Å². The van der Waals surface area contributed by atoms with Crippen LogP contribution >= 0.6 is 27.7 Å². The lowest BCUT2D eigenvalue weighted by Gasteiger charge is -2.11. The third-order valence-electron chi connectivity index (χ3n) is 2.77. The quantitative estimate of drug-likeness (QED) is 0.615. The van der Waals surface area contributed by atoms with Gasteiger partial charge in [0.05, 0.1) is 16.9 Å². The first-order valence-electron chi connectivity index (χ1n) is 6.30. The second kappa shape index (κ2) is 6.95. The highest BCUT2D eigenvalue weighted by atomic mass is 79.9. The molecule has 0 aliphatic heterocycles. The molecule has 2 aromatic carbocycles.